The molecule has 0 unspecified atom stereocenters. The number of aromatic nitrogens is 1. The maximum absolute atomic E-state index is 12.6. The summed E-state index contributed by atoms with van der Waals surface area (Å²) in [6, 6.07) is 9.01. The third-order valence-corrected chi connectivity index (χ3v) is 4.32. The van der Waals surface area contributed by atoms with Crippen LogP contribution in [-0.2, 0) is 17.6 Å². The monoisotopic (exact) mass is 328 g/mol. The normalized spacial score (nSPS) is 14.7. The first kappa shape index (κ1) is 16.2. The van der Waals surface area contributed by atoms with E-state index in [1.54, 1.807) is 0 Å². The maximum Gasteiger partial charge on any atom is 0.303 e. The van der Waals surface area contributed by atoms with Crippen LogP contribution in [0.1, 0.15) is 59.1 Å². The van der Waals surface area contributed by atoms with Gasteiger partial charge in [0, 0.05) is 18.4 Å². The quantitative estimate of drug-likeness (QED) is 0.850. The van der Waals surface area contributed by atoms with E-state index in [1.165, 1.54) is 0 Å². The molecule has 3 rings (SSSR count). The first-order valence-corrected chi connectivity index (χ1v) is 8.20. The molecule has 126 valence electrons. The number of carboxylic acid groups (broad SMARTS) is 1. The number of nitrogens with zero attached hydrogens (tertiary/aromatic N) is 1. The topological polar surface area (TPSA) is 92.4 Å². The van der Waals surface area contributed by atoms with Crippen LogP contribution in [0.25, 0.3) is 0 Å². The third-order valence-electron chi connectivity index (χ3n) is 4.32. The summed E-state index contributed by atoms with van der Waals surface area (Å²) in [5, 5.41) is 15.8. The van der Waals surface area contributed by atoms with Crippen molar-refractivity contribution in [2.24, 2.45) is 0 Å². The lowest BCUT2D eigenvalue weighted by Gasteiger charge is -2.18. The average molecular weight is 328 g/mol. The molecule has 1 amide bonds. The number of benzene rings is 1. The third kappa shape index (κ3) is 3.64. The summed E-state index contributed by atoms with van der Waals surface area (Å²) in [6.07, 6.45) is 4.00. The highest BCUT2D eigenvalue weighted by Gasteiger charge is 2.26. The fourth-order valence-electron chi connectivity index (χ4n) is 3.07. The van der Waals surface area contributed by atoms with E-state index in [-0.39, 0.29) is 18.4 Å². The zero-order valence-electron chi connectivity index (χ0n) is 13.3. The SMILES string of the molecule is O=C(O)CC[C@H](NC(=O)c1noc2c1CCCC2)c1ccccc1. The van der Waals surface area contributed by atoms with Crippen molar-refractivity contribution in [3.05, 3.63) is 52.9 Å². The number of fused-ring (bicyclic) bond motifs is 1. The Labute approximate surface area is 139 Å². The first-order valence-electron chi connectivity index (χ1n) is 8.20. The van der Waals surface area contributed by atoms with Gasteiger partial charge in [0.25, 0.3) is 5.91 Å². The van der Waals surface area contributed by atoms with Gasteiger partial charge in [-0.1, -0.05) is 35.5 Å². The predicted molar refractivity (Wildman–Crippen MR) is 86.7 cm³/mol. The highest BCUT2D eigenvalue weighted by Crippen LogP contribution is 2.25. The van der Waals surface area contributed by atoms with Gasteiger partial charge in [-0.3, -0.25) is 9.59 Å². The smallest absolute Gasteiger partial charge is 0.303 e. The van der Waals surface area contributed by atoms with E-state index in [9.17, 15) is 9.59 Å². The van der Waals surface area contributed by atoms with Gasteiger partial charge in [-0.2, -0.15) is 0 Å². The van der Waals surface area contributed by atoms with Gasteiger partial charge in [0.15, 0.2) is 5.69 Å². The molecule has 0 bridgehead atoms. The number of amides is 1. The summed E-state index contributed by atoms with van der Waals surface area (Å²) in [7, 11) is 0. The molecule has 1 aromatic carbocycles. The number of carbonyl (C=O) groups is 2. The summed E-state index contributed by atoms with van der Waals surface area (Å²) in [5.41, 5.74) is 2.11. The van der Waals surface area contributed by atoms with E-state index in [2.05, 4.69) is 10.5 Å². The predicted octanol–water partition coefficient (Wildman–Crippen LogP) is 2.89. The van der Waals surface area contributed by atoms with Crippen LogP contribution in [0.4, 0.5) is 0 Å². The fraction of sp³-hybridized carbons (Fsp3) is 0.389. The molecule has 0 saturated heterocycles. The fourth-order valence-corrected chi connectivity index (χ4v) is 3.07. The minimum Gasteiger partial charge on any atom is -0.481 e. The van der Waals surface area contributed by atoms with Crippen LogP contribution < -0.4 is 5.32 Å². The Hall–Kier alpha value is -2.63. The van der Waals surface area contributed by atoms with Crippen molar-refractivity contribution in [3.63, 3.8) is 0 Å². The minimum absolute atomic E-state index is 0.0171. The highest BCUT2D eigenvalue weighted by molar-refractivity contribution is 5.94. The van der Waals surface area contributed by atoms with Crippen LogP contribution in [0.3, 0.4) is 0 Å². The molecule has 1 aliphatic carbocycles. The van der Waals surface area contributed by atoms with Crippen LogP contribution >= 0.6 is 0 Å². The molecule has 1 heterocycles. The molecule has 6 nitrogen and oxygen atoms in total. The Morgan fingerprint density at radius 1 is 1.21 bits per heavy atom. The lowest BCUT2D eigenvalue weighted by atomic mass is 9.96. The number of hydrogen-bond acceptors (Lipinski definition) is 4. The van der Waals surface area contributed by atoms with E-state index in [1.807, 2.05) is 30.3 Å². The number of hydrogen-bond donors (Lipinski definition) is 2. The van der Waals surface area contributed by atoms with Crippen LogP contribution in [0.15, 0.2) is 34.9 Å². The van der Waals surface area contributed by atoms with Crippen molar-refractivity contribution in [2.75, 3.05) is 0 Å². The van der Waals surface area contributed by atoms with E-state index in [4.69, 9.17) is 9.63 Å². The van der Waals surface area contributed by atoms with E-state index in [0.29, 0.717) is 12.1 Å². The molecule has 0 aliphatic heterocycles. The largest absolute Gasteiger partial charge is 0.481 e. The molecule has 24 heavy (non-hydrogen) atoms. The summed E-state index contributed by atoms with van der Waals surface area (Å²) in [5.74, 6) is -0.390. The Bertz CT molecular complexity index is 724. The van der Waals surface area contributed by atoms with Gasteiger partial charge in [-0.25, -0.2) is 0 Å². The van der Waals surface area contributed by atoms with Crippen LogP contribution in [-0.4, -0.2) is 22.1 Å². The maximum atomic E-state index is 12.6. The van der Waals surface area contributed by atoms with Gasteiger partial charge in [-0.15, -0.1) is 0 Å². The molecule has 1 aromatic heterocycles. The zero-order valence-corrected chi connectivity index (χ0v) is 13.3. The van der Waals surface area contributed by atoms with Gasteiger partial charge in [0.2, 0.25) is 0 Å². The molecule has 2 aromatic rings. The van der Waals surface area contributed by atoms with E-state index >= 15 is 0 Å². The van der Waals surface area contributed by atoms with Crippen molar-refractivity contribution in [1.82, 2.24) is 10.5 Å². The summed E-state index contributed by atoms with van der Waals surface area (Å²) in [4.78, 5) is 23.5. The molecular formula is C18H20N2O4. The zero-order chi connectivity index (χ0) is 16.9. The second-order valence-corrected chi connectivity index (χ2v) is 6.01. The number of aliphatic carboxylic acids is 1. The second kappa shape index (κ2) is 7.29. The lowest BCUT2D eigenvalue weighted by molar-refractivity contribution is -0.137. The van der Waals surface area contributed by atoms with Crippen LogP contribution in [0.5, 0.6) is 0 Å². The number of aryl methyl sites for hydroxylation is 1. The van der Waals surface area contributed by atoms with Crippen molar-refractivity contribution < 1.29 is 19.2 Å². The molecule has 2 N–H and O–H groups in total. The molecule has 0 spiro atoms. The van der Waals surface area contributed by atoms with E-state index in [0.717, 1.165) is 42.6 Å². The van der Waals surface area contributed by atoms with Gasteiger partial charge < -0.3 is 14.9 Å². The van der Waals surface area contributed by atoms with Crippen LogP contribution in [0.2, 0.25) is 0 Å². The highest BCUT2D eigenvalue weighted by atomic mass is 16.5. The Morgan fingerprint density at radius 3 is 2.71 bits per heavy atom. The summed E-state index contributed by atoms with van der Waals surface area (Å²) >= 11 is 0. The average Bonchev–Trinajstić information content (AvgIpc) is 3.03. The lowest BCUT2D eigenvalue weighted by Crippen LogP contribution is -2.30. The second-order valence-electron chi connectivity index (χ2n) is 6.01. The molecule has 1 atom stereocenters. The van der Waals surface area contributed by atoms with Gasteiger partial charge in [-0.05, 0) is 31.2 Å². The Balaban J connectivity index is 1.77. The van der Waals surface area contributed by atoms with Gasteiger partial charge >= 0.3 is 5.97 Å². The molecule has 0 fully saturated rings. The summed E-state index contributed by atoms with van der Waals surface area (Å²) < 4.78 is 5.29. The number of carbonyl (C=O) groups excluding carboxylic acids is 1. The Kier molecular flexibility index (Phi) is 4.93. The molecule has 1 aliphatic rings. The number of rotatable bonds is 6. The van der Waals surface area contributed by atoms with Gasteiger partial charge in [0.05, 0.1) is 6.04 Å². The van der Waals surface area contributed by atoms with Crippen molar-refractivity contribution in [1.29, 1.82) is 0 Å². The molecular weight excluding hydrogens is 308 g/mol. The summed E-state index contributed by atoms with van der Waals surface area (Å²) in [6.45, 7) is 0. The van der Waals surface area contributed by atoms with Crippen molar-refractivity contribution in [2.45, 2.75) is 44.6 Å². The number of nitrogens with one attached hydrogen (secondary N) is 1. The molecule has 0 radical (unpaired) electrons. The van der Waals surface area contributed by atoms with E-state index < -0.39 is 5.97 Å². The molecule has 0 saturated carbocycles. The molecule has 6 heteroatoms. The Morgan fingerprint density at radius 2 is 1.96 bits per heavy atom. The first-order chi connectivity index (χ1) is 11.6. The van der Waals surface area contributed by atoms with Gasteiger partial charge in [0.1, 0.15) is 5.76 Å². The van der Waals surface area contributed by atoms with Crippen LogP contribution in [0, 0.1) is 0 Å². The standard InChI is InChI=1S/C18H20N2O4/c21-16(22)11-10-14(12-6-2-1-3-7-12)19-18(23)17-13-8-4-5-9-15(13)24-20-17/h1-3,6-7,14H,4-5,8-11H2,(H,19,23)(H,21,22)/t14-/m0/s1. The van der Waals surface area contributed by atoms with Crippen molar-refractivity contribution in [3.8, 4) is 0 Å². The van der Waals surface area contributed by atoms with Crippen molar-refractivity contribution >= 4 is 11.9 Å². The number of carboxylic acids is 1. The minimum atomic E-state index is -0.885.